The molecule has 0 aromatic rings. The summed E-state index contributed by atoms with van der Waals surface area (Å²) in [7, 11) is 0. The van der Waals surface area contributed by atoms with Gasteiger partial charge in [0, 0.05) is 72.1 Å². The Kier molecular flexibility index (Phi) is 23.3. The predicted octanol–water partition coefficient (Wildman–Crippen LogP) is -0.865. The molecule has 0 heterocycles. The molecule has 25 heavy (non-hydrogen) atoms. The Labute approximate surface area is 167 Å². The predicted molar refractivity (Wildman–Crippen MR) is 73.2 cm³/mol. The van der Waals surface area contributed by atoms with Gasteiger partial charge >= 0.3 is 35.8 Å². The van der Waals surface area contributed by atoms with Crippen LogP contribution >= 0.6 is 0 Å². The van der Waals surface area contributed by atoms with Gasteiger partial charge in [0.25, 0.3) is 0 Å². The van der Waals surface area contributed by atoms with E-state index in [1.54, 1.807) is 0 Å². The minimum atomic E-state index is -1.26. The Morgan fingerprint density at radius 3 is 0.480 bits per heavy atom. The molecule has 0 aliphatic heterocycles. The fourth-order valence-corrected chi connectivity index (χ4v) is 0.428. The maximum atomic E-state index is 9.55. The molecule has 0 aliphatic carbocycles. The second-order valence-corrected chi connectivity index (χ2v) is 3.03. The Balaban J connectivity index is -0.000000130. The average Bonchev–Trinajstić information content (AvgIpc) is 2.42. The van der Waals surface area contributed by atoms with Gasteiger partial charge in [0.05, 0.1) is 0 Å². The van der Waals surface area contributed by atoms with E-state index in [0.29, 0.717) is 36.5 Å². The summed E-state index contributed by atoms with van der Waals surface area (Å²) in [6.07, 6.45) is 3.35. The van der Waals surface area contributed by atoms with Gasteiger partial charge in [-0.15, -0.1) is 0 Å². The molecule has 0 bridgehead atoms. The summed E-state index contributed by atoms with van der Waals surface area (Å²) in [6, 6.07) is 0. The minimum absolute atomic E-state index is 0. The largest absolute Gasteiger partial charge is 0.478 e. The quantitative estimate of drug-likeness (QED) is 0.252. The van der Waals surface area contributed by atoms with E-state index in [0.717, 1.165) is 0 Å². The summed E-state index contributed by atoms with van der Waals surface area (Å²) >= 11 is 0. The van der Waals surface area contributed by atoms with Crippen molar-refractivity contribution in [3.05, 3.63) is 36.5 Å². The number of aliphatic carboxylic acids is 6. The molecule has 0 saturated heterocycles. The maximum absolute atomic E-state index is 9.55. The molecule has 0 amide bonds. The monoisotopic (exact) mass is 487 g/mol. The van der Waals surface area contributed by atoms with Gasteiger partial charge in [-0.3, -0.25) is 0 Å². The Hall–Kier alpha value is -2.77. The van der Waals surface area contributed by atoms with Crippen molar-refractivity contribution >= 4 is 35.8 Å². The Bertz CT molecular complexity index is 444. The maximum Gasteiger partial charge on any atom is 0.328 e. The van der Waals surface area contributed by atoms with Crippen molar-refractivity contribution in [3.8, 4) is 0 Å². The molecular weight excluding hydrogens is 475 g/mol. The van der Waals surface area contributed by atoms with Crippen LogP contribution in [0.25, 0.3) is 0 Å². The molecule has 13 heteroatoms. The van der Waals surface area contributed by atoms with Crippen LogP contribution in [-0.2, 0) is 28.8 Å². The Morgan fingerprint density at radius 1 is 0.360 bits per heavy atom. The molecular formula is C12H12LaO12. The number of carboxylic acid groups (broad SMARTS) is 6. The van der Waals surface area contributed by atoms with Gasteiger partial charge in [0.1, 0.15) is 0 Å². The first-order valence-electron chi connectivity index (χ1n) is 5.30. The van der Waals surface area contributed by atoms with Crippen molar-refractivity contribution in [2.45, 2.75) is 0 Å². The van der Waals surface area contributed by atoms with Gasteiger partial charge in [-0.05, 0) is 0 Å². The number of hydrogen-bond donors (Lipinski definition) is 6. The normalized spacial score (nSPS) is 9.12. The molecule has 0 fully saturated rings. The molecule has 6 N–H and O–H groups in total. The smallest absolute Gasteiger partial charge is 0.328 e. The molecule has 0 spiro atoms. The molecule has 0 rings (SSSR count). The first-order valence-corrected chi connectivity index (χ1v) is 5.30. The molecule has 0 aromatic heterocycles. The van der Waals surface area contributed by atoms with Crippen LogP contribution in [-0.4, -0.2) is 66.5 Å². The number of rotatable bonds is 6. The van der Waals surface area contributed by atoms with Crippen molar-refractivity contribution in [2.24, 2.45) is 0 Å². The van der Waals surface area contributed by atoms with Gasteiger partial charge in [-0.1, -0.05) is 0 Å². The topological polar surface area (TPSA) is 224 Å². The summed E-state index contributed by atoms with van der Waals surface area (Å²) in [5.41, 5.74) is 0. The van der Waals surface area contributed by atoms with Crippen molar-refractivity contribution in [3.63, 3.8) is 0 Å². The standard InChI is InChI=1S/3C4H4O4.La/c3*5-3(6)1-2-4(7)8;/h3*1-2H,(H,5,6)(H,7,8);. The zero-order valence-corrected chi connectivity index (χ0v) is 15.8. The average molecular weight is 487 g/mol. The number of carboxylic acids is 6. The Morgan fingerprint density at radius 2 is 0.440 bits per heavy atom. The van der Waals surface area contributed by atoms with Crippen LogP contribution in [0.5, 0.6) is 0 Å². The summed E-state index contributed by atoms with van der Waals surface area (Å²) in [5, 5.41) is 46.9. The SMILES string of the molecule is O=C(O)C=CC(=O)O.O=C(O)C=CC(=O)O.O=C(O)C=CC(=O)O.[La]. The minimum Gasteiger partial charge on any atom is -0.478 e. The molecule has 0 aliphatic rings. The van der Waals surface area contributed by atoms with E-state index in [9.17, 15) is 28.8 Å². The van der Waals surface area contributed by atoms with Crippen molar-refractivity contribution < 1.29 is 95.0 Å². The van der Waals surface area contributed by atoms with Gasteiger partial charge in [0.2, 0.25) is 0 Å². The molecule has 135 valence electrons. The third-order valence-corrected chi connectivity index (χ3v) is 1.11. The number of carbonyl (C=O) groups is 6. The van der Waals surface area contributed by atoms with Crippen LogP contribution < -0.4 is 0 Å². The van der Waals surface area contributed by atoms with Crippen LogP contribution in [0.3, 0.4) is 0 Å². The summed E-state index contributed by atoms with van der Waals surface area (Å²) in [4.78, 5) is 57.3. The first-order chi connectivity index (χ1) is 10.9. The molecule has 0 unspecified atom stereocenters. The fraction of sp³-hybridized carbons (Fsp3) is 0. The van der Waals surface area contributed by atoms with E-state index in [4.69, 9.17) is 30.6 Å². The summed E-state index contributed by atoms with van der Waals surface area (Å²) < 4.78 is 0. The van der Waals surface area contributed by atoms with Crippen molar-refractivity contribution in [1.82, 2.24) is 0 Å². The first kappa shape index (κ1) is 30.2. The van der Waals surface area contributed by atoms with E-state index in [-0.39, 0.29) is 35.6 Å². The van der Waals surface area contributed by atoms with Gasteiger partial charge in [0.15, 0.2) is 0 Å². The van der Waals surface area contributed by atoms with Crippen LogP contribution in [0.4, 0.5) is 0 Å². The summed E-state index contributed by atoms with van der Waals surface area (Å²) in [5.74, 6) is -7.54. The van der Waals surface area contributed by atoms with Crippen LogP contribution in [0.15, 0.2) is 36.5 Å². The van der Waals surface area contributed by atoms with E-state index in [2.05, 4.69) is 0 Å². The van der Waals surface area contributed by atoms with E-state index in [1.807, 2.05) is 0 Å². The zero-order valence-electron chi connectivity index (χ0n) is 12.2. The summed E-state index contributed by atoms with van der Waals surface area (Å²) in [6.45, 7) is 0. The van der Waals surface area contributed by atoms with Crippen LogP contribution in [0.1, 0.15) is 0 Å². The number of hydrogen-bond acceptors (Lipinski definition) is 6. The van der Waals surface area contributed by atoms with E-state index in [1.165, 1.54) is 0 Å². The van der Waals surface area contributed by atoms with Crippen molar-refractivity contribution in [1.29, 1.82) is 0 Å². The van der Waals surface area contributed by atoms with Gasteiger partial charge < -0.3 is 30.6 Å². The zero-order chi connectivity index (χ0) is 19.7. The third-order valence-electron chi connectivity index (χ3n) is 1.11. The van der Waals surface area contributed by atoms with Gasteiger partial charge in [-0.25, -0.2) is 28.8 Å². The molecule has 12 nitrogen and oxygen atoms in total. The molecule has 0 atom stereocenters. The van der Waals surface area contributed by atoms with Gasteiger partial charge in [-0.2, -0.15) is 0 Å². The molecule has 1 radical (unpaired) electrons. The molecule has 0 saturated carbocycles. The van der Waals surface area contributed by atoms with E-state index < -0.39 is 35.8 Å². The van der Waals surface area contributed by atoms with Crippen molar-refractivity contribution in [2.75, 3.05) is 0 Å². The second-order valence-electron chi connectivity index (χ2n) is 3.03. The van der Waals surface area contributed by atoms with Crippen LogP contribution in [0, 0.1) is 35.6 Å². The van der Waals surface area contributed by atoms with Crippen LogP contribution in [0.2, 0.25) is 0 Å². The van der Waals surface area contributed by atoms with E-state index >= 15 is 0 Å². The third kappa shape index (κ3) is 52.5. The second kappa shape index (κ2) is 19.3. The fourth-order valence-electron chi connectivity index (χ4n) is 0.428. The molecule has 0 aromatic carbocycles.